The van der Waals surface area contributed by atoms with Gasteiger partial charge in [-0.05, 0) is 46.0 Å². The van der Waals surface area contributed by atoms with E-state index in [0.29, 0.717) is 0 Å². The number of nitrogens with zero attached hydrogens (tertiary/aromatic N) is 2. The zero-order chi connectivity index (χ0) is 11.5. The second-order valence-electron chi connectivity index (χ2n) is 4.32. The summed E-state index contributed by atoms with van der Waals surface area (Å²) in [5, 5.41) is 0. The molecule has 0 bridgehead atoms. The minimum atomic E-state index is -4.68. The standard InChI is InChI=1S/C9H19BF3N2/c1-3-15-6-4-9(5-7-15)14(2)8-10(11,12)13/h9H,3-8H2,1-2H3/q-1. The van der Waals surface area contributed by atoms with Crippen LogP contribution in [0.2, 0.25) is 0 Å². The van der Waals surface area contributed by atoms with Gasteiger partial charge in [-0.15, -0.1) is 0 Å². The molecule has 0 unspecified atom stereocenters. The van der Waals surface area contributed by atoms with Crippen LogP contribution in [0.4, 0.5) is 12.9 Å². The van der Waals surface area contributed by atoms with Gasteiger partial charge in [-0.1, -0.05) is 6.92 Å². The Morgan fingerprint density at radius 2 is 1.80 bits per heavy atom. The molecule has 90 valence electrons. The lowest BCUT2D eigenvalue weighted by Gasteiger charge is -2.38. The van der Waals surface area contributed by atoms with E-state index in [4.69, 9.17) is 0 Å². The maximum absolute atomic E-state index is 12.2. The van der Waals surface area contributed by atoms with Crippen molar-refractivity contribution in [2.45, 2.75) is 25.8 Å². The van der Waals surface area contributed by atoms with Gasteiger partial charge in [0.25, 0.3) is 0 Å². The summed E-state index contributed by atoms with van der Waals surface area (Å²) >= 11 is 0. The number of rotatable bonds is 4. The number of likely N-dealkylation sites (tertiary alicyclic amines) is 1. The van der Waals surface area contributed by atoms with Gasteiger partial charge in [0.15, 0.2) is 0 Å². The molecule has 0 amide bonds. The Hall–Kier alpha value is -0.225. The first-order valence-electron chi connectivity index (χ1n) is 5.56. The van der Waals surface area contributed by atoms with Crippen LogP contribution < -0.4 is 0 Å². The highest BCUT2D eigenvalue weighted by Gasteiger charge is 2.29. The molecule has 1 fully saturated rings. The predicted octanol–water partition coefficient (Wildman–Crippen LogP) is 1.79. The lowest BCUT2D eigenvalue weighted by atomic mass is 9.89. The summed E-state index contributed by atoms with van der Waals surface area (Å²) in [6, 6.07) is 0.108. The van der Waals surface area contributed by atoms with E-state index in [-0.39, 0.29) is 6.04 Å². The van der Waals surface area contributed by atoms with Crippen LogP contribution in [0.15, 0.2) is 0 Å². The van der Waals surface area contributed by atoms with Crippen LogP contribution in [0, 0.1) is 0 Å². The smallest absolute Gasteiger partial charge is 0.448 e. The molecule has 15 heavy (non-hydrogen) atoms. The second-order valence-corrected chi connectivity index (χ2v) is 4.32. The molecule has 2 nitrogen and oxygen atoms in total. The third kappa shape index (κ3) is 4.43. The summed E-state index contributed by atoms with van der Waals surface area (Å²) in [5.41, 5.74) is 0. The van der Waals surface area contributed by atoms with Crippen LogP contribution >= 0.6 is 0 Å². The van der Waals surface area contributed by atoms with Gasteiger partial charge in [-0.25, -0.2) is 0 Å². The summed E-state index contributed by atoms with van der Waals surface area (Å²) < 4.78 is 36.6. The molecule has 0 radical (unpaired) electrons. The van der Waals surface area contributed by atoms with Crippen molar-refractivity contribution < 1.29 is 12.9 Å². The van der Waals surface area contributed by atoms with Gasteiger partial charge in [-0.2, -0.15) is 0 Å². The first-order valence-corrected chi connectivity index (χ1v) is 5.56. The first-order chi connectivity index (χ1) is 6.92. The molecule has 0 aromatic carbocycles. The van der Waals surface area contributed by atoms with Gasteiger partial charge < -0.3 is 22.7 Å². The van der Waals surface area contributed by atoms with Gasteiger partial charge in [0.2, 0.25) is 0 Å². The van der Waals surface area contributed by atoms with E-state index in [1.54, 1.807) is 7.05 Å². The van der Waals surface area contributed by atoms with Crippen LogP contribution in [0.25, 0.3) is 0 Å². The summed E-state index contributed by atoms with van der Waals surface area (Å²) in [5.74, 6) is 0. The maximum Gasteiger partial charge on any atom is 0.492 e. The third-order valence-electron chi connectivity index (χ3n) is 3.12. The zero-order valence-corrected chi connectivity index (χ0v) is 9.43. The molecular formula is C9H19BF3N2-. The molecule has 1 rings (SSSR count). The number of halogens is 3. The topological polar surface area (TPSA) is 6.48 Å². The highest BCUT2D eigenvalue weighted by Crippen LogP contribution is 2.18. The molecule has 0 spiro atoms. The highest BCUT2D eigenvalue weighted by atomic mass is 19.4. The van der Waals surface area contributed by atoms with E-state index in [1.807, 2.05) is 0 Å². The van der Waals surface area contributed by atoms with E-state index in [2.05, 4.69) is 11.8 Å². The van der Waals surface area contributed by atoms with E-state index >= 15 is 0 Å². The van der Waals surface area contributed by atoms with Crippen molar-refractivity contribution in [1.82, 2.24) is 9.80 Å². The van der Waals surface area contributed by atoms with E-state index < -0.39 is 13.4 Å². The third-order valence-corrected chi connectivity index (χ3v) is 3.12. The fourth-order valence-corrected chi connectivity index (χ4v) is 2.15. The van der Waals surface area contributed by atoms with Crippen LogP contribution in [0.5, 0.6) is 0 Å². The van der Waals surface area contributed by atoms with Crippen molar-refractivity contribution in [3.63, 3.8) is 0 Å². The Kier molecular flexibility index (Phi) is 4.46. The fourth-order valence-electron chi connectivity index (χ4n) is 2.15. The molecule has 6 heteroatoms. The van der Waals surface area contributed by atoms with Crippen LogP contribution in [0.1, 0.15) is 19.8 Å². The van der Waals surface area contributed by atoms with Crippen LogP contribution in [-0.4, -0.2) is 55.9 Å². The van der Waals surface area contributed by atoms with Gasteiger partial charge in [0, 0.05) is 6.04 Å². The molecule has 0 aliphatic carbocycles. The zero-order valence-electron chi connectivity index (χ0n) is 9.43. The molecule has 0 aromatic heterocycles. The molecule has 1 aliphatic rings. The summed E-state index contributed by atoms with van der Waals surface area (Å²) in [6.45, 7) is 0.262. The van der Waals surface area contributed by atoms with E-state index in [0.717, 1.165) is 32.5 Å². The number of hydrogen-bond acceptors (Lipinski definition) is 2. The predicted molar refractivity (Wildman–Crippen MR) is 56.8 cm³/mol. The van der Waals surface area contributed by atoms with E-state index in [9.17, 15) is 12.9 Å². The average Bonchev–Trinajstić information content (AvgIpc) is 2.15. The molecule has 0 N–H and O–H groups in total. The Labute approximate surface area is 89.5 Å². The molecule has 0 aromatic rings. The van der Waals surface area contributed by atoms with Gasteiger partial charge in [-0.3, -0.25) is 0 Å². The van der Waals surface area contributed by atoms with Gasteiger partial charge in [0.05, 0.1) is 0 Å². The lowest BCUT2D eigenvalue weighted by molar-refractivity contribution is 0.137. The minimum absolute atomic E-state index is 0.108. The van der Waals surface area contributed by atoms with Crippen molar-refractivity contribution in [3.8, 4) is 0 Å². The number of piperidine rings is 1. The Morgan fingerprint density at radius 3 is 2.20 bits per heavy atom. The molecule has 0 atom stereocenters. The van der Waals surface area contributed by atoms with Crippen molar-refractivity contribution in [2.75, 3.05) is 33.1 Å². The monoisotopic (exact) mass is 223 g/mol. The molecule has 1 saturated heterocycles. The number of hydrogen-bond donors (Lipinski definition) is 0. The average molecular weight is 223 g/mol. The Bertz CT molecular complexity index is 190. The highest BCUT2D eigenvalue weighted by molar-refractivity contribution is 6.58. The summed E-state index contributed by atoms with van der Waals surface area (Å²) in [6.07, 6.45) is 0.990. The maximum atomic E-state index is 12.2. The largest absolute Gasteiger partial charge is 0.492 e. The normalized spacial score (nSPS) is 21.2. The molecule has 0 saturated carbocycles. The van der Waals surface area contributed by atoms with Crippen LogP contribution in [0.3, 0.4) is 0 Å². The quantitative estimate of drug-likeness (QED) is 0.670. The van der Waals surface area contributed by atoms with Crippen LogP contribution in [-0.2, 0) is 0 Å². The first kappa shape index (κ1) is 12.8. The SMILES string of the molecule is CCN1CCC(N(C)C[B-](F)(F)F)CC1. The Morgan fingerprint density at radius 1 is 1.27 bits per heavy atom. The van der Waals surface area contributed by atoms with Crippen molar-refractivity contribution in [3.05, 3.63) is 0 Å². The van der Waals surface area contributed by atoms with E-state index in [1.165, 1.54) is 4.90 Å². The minimum Gasteiger partial charge on any atom is -0.448 e. The molecule has 1 heterocycles. The summed E-state index contributed by atoms with van der Waals surface area (Å²) in [4.78, 5) is 3.75. The van der Waals surface area contributed by atoms with Gasteiger partial charge in [0.1, 0.15) is 0 Å². The van der Waals surface area contributed by atoms with Crippen molar-refractivity contribution in [2.24, 2.45) is 0 Å². The Balaban J connectivity index is 2.33. The van der Waals surface area contributed by atoms with Crippen molar-refractivity contribution >= 4 is 6.98 Å². The fraction of sp³-hybridized carbons (Fsp3) is 1.00. The second kappa shape index (κ2) is 5.21. The van der Waals surface area contributed by atoms with Gasteiger partial charge >= 0.3 is 6.98 Å². The van der Waals surface area contributed by atoms with Crippen molar-refractivity contribution in [1.29, 1.82) is 0 Å². The molecule has 1 aliphatic heterocycles. The molecular weight excluding hydrogens is 204 g/mol. The lowest BCUT2D eigenvalue weighted by Crippen LogP contribution is -2.47. The summed E-state index contributed by atoms with van der Waals surface area (Å²) in [7, 11) is 1.58.